The number of hydrogen-bond donors (Lipinski definition) is 0. The van der Waals surface area contributed by atoms with E-state index in [2.05, 4.69) is 207 Å². The number of hydrogen-bond acceptors (Lipinski definition) is 1. The molecule has 9 aromatic carbocycles. The van der Waals surface area contributed by atoms with Crippen LogP contribution in [0.4, 0.5) is 17.1 Å². The quantitative estimate of drug-likeness (QED) is 0.177. The molecule has 52 heavy (non-hydrogen) atoms. The van der Waals surface area contributed by atoms with Crippen molar-refractivity contribution in [3.8, 4) is 33.4 Å². The molecule has 10 rings (SSSR count). The molecule has 0 radical (unpaired) electrons. The van der Waals surface area contributed by atoms with Crippen LogP contribution in [0, 0.1) is 0 Å². The third-order valence-electron chi connectivity index (χ3n) is 11.2. The van der Waals surface area contributed by atoms with Gasteiger partial charge in [0, 0.05) is 22.1 Å². The Bertz CT molecular complexity index is 2830. The van der Waals surface area contributed by atoms with Crippen LogP contribution >= 0.6 is 0 Å². The summed E-state index contributed by atoms with van der Waals surface area (Å²) in [7, 11) is 0. The minimum Gasteiger partial charge on any atom is -0.309 e. The smallest absolute Gasteiger partial charge is 0.0547 e. The SMILES string of the molecule is CC1(C)c2cc3ccccc3cc2-c2c(N(c3ccccc3-c3ccccc3)c3ccc4ccccc4c3-c3ccc4ccccc4c3)cccc21. The first kappa shape index (κ1) is 30.4. The average Bonchev–Trinajstić information content (AvgIpc) is 3.42. The largest absolute Gasteiger partial charge is 0.309 e. The van der Waals surface area contributed by atoms with Crippen LogP contribution in [0.3, 0.4) is 0 Å². The Hall–Kier alpha value is -6.44. The van der Waals surface area contributed by atoms with E-state index in [1.165, 1.54) is 82.5 Å². The van der Waals surface area contributed by atoms with Gasteiger partial charge in [-0.2, -0.15) is 0 Å². The molecule has 0 saturated carbocycles. The summed E-state index contributed by atoms with van der Waals surface area (Å²) in [6.07, 6.45) is 0. The van der Waals surface area contributed by atoms with Crippen molar-refractivity contribution < 1.29 is 0 Å². The molecule has 0 N–H and O–H groups in total. The molecule has 0 aliphatic heterocycles. The highest BCUT2D eigenvalue weighted by Crippen LogP contribution is 2.57. The fourth-order valence-corrected chi connectivity index (χ4v) is 8.65. The highest BCUT2D eigenvalue weighted by molar-refractivity contribution is 6.09. The molecule has 0 aromatic heterocycles. The summed E-state index contributed by atoms with van der Waals surface area (Å²) < 4.78 is 0. The minimum atomic E-state index is -0.167. The van der Waals surface area contributed by atoms with Crippen molar-refractivity contribution in [2.45, 2.75) is 19.3 Å². The summed E-state index contributed by atoms with van der Waals surface area (Å²) in [4.78, 5) is 2.55. The summed E-state index contributed by atoms with van der Waals surface area (Å²) in [6.45, 7) is 4.77. The van der Waals surface area contributed by atoms with Gasteiger partial charge in [-0.1, -0.05) is 166 Å². The van der Waals surface area contributed by atoms with E-state index < -0.39 is 0 Å². The molecule has 246 valence electrons. The molecular weight excluding hydrogens is 627 g/mol. The monoisotopic (exact) mass is 663 g/mol. The first-order chi connectivity index (χ1) is 25.6. The maximum atomic E-state index is 2.55. The molecule has 0 atom stereocenters. The number of nitrogens with zero attached hydrogens (tertiary/aromatic N) is 1. The number of rotatable bonds is 5. The van der Waals surface area contributed by atoms with Crippen LogP contribution < -0.4 is 4.90 Å². The number of para-hydroxylation sites is 1. The van der Waals surface area contributed by atoms with E-state index in [0.29, 0.717) is 0 Å². The van der Waals surface area contributed by atoms with Gasteiger partial charge in [-0.25, -0.2) is 0 Å². The van der Waals surface area contributed by atoms with Gasteiger partial charge < -0.3 is 4.90 Å². The van der Waals surface area contributed by atoms with E-state index >= 15 is 0 Å². The van der Waals surface area contributed by atoms with Gasteiger partial charge >= 0.3 is 0 Å². The molecule has 9 aromatic rings. The molecule has 1 aliphatic rings. The lowest BCUT2D eigenvalue weighted by atomic mass is 9.82. The van der Waals surface area contributed by atoms with Crippen molar-refractivity contribution in [3.05, 3.63) is 199 Å². The fraction of sp³-hybridized carbons (Fsp3) is 0.0588. The van der Waals surface area contributed by atoms with Gasteiger partial charge in [0.05, 0.1) is 17.1 Å². The normalized spacial score (nSPS) is 13.0. The Labute approximate surface area is 305 Å². The Balaban J connectivity index is 1.34. The Morgan fingerprint density at radius 1 is 0.346 bits per heavy atom. The molecule has 0 amide bonds. The second-order valence-electron chi connectivity index (χ2n) is 14.5. The topological polar surface area (TPSA) is 3.24 Å². The molecule has 0 heterocycles. The summed E-state index contributed by atoms with van der Waals surface area (Å²) in [5.74, 6) is 0. The molecule has 0 saturated heterocycles. The lowest BCUT2D eigenvalue weighted by Crippen LogP contribution is -2.16. The zero-order valence-electron chi connectivity index (χ0n) is 29.3. The third-order valence-corrected chi connectivity index (χ3v) is 11.2. The van der Waals surface area contributed by atoms with E-state index in [1.807, 2.05) is 0 Å². The van der Waals surface area contributed by atoms with Gasteiger partial charge in [0.1, 0.15) is 0 Å². The van der Waals surface area contributed by atoms with E-state index in [0.717, 1.165) is 11.4 Å². The second kappa shape index (κ2) is 11.8. The van der Waals surface area contributed by atoms with Crippen molar-refractivity contribution in [1.82, 2.24) is 0 Å². The van der Waals surface area contributed by atoms with Crippen LogP contribution in [0.5, 0.6) is 0 Å². The first-order valence-electron chi connectivity index (χ1n) is 18.2. The molecule has 1 heteroatoms. The van der Waals surface area contributed by atoms with Gasteiger partial charge in [0.2, 0.25) is 0 Å². The number of fused-ring (bicyclic) bond motifs is 6. The van der Waals surface area contributed by atoms with Gasteiger partial charge in [0.25, 0.3) is 0 Å². The Morgan fingerprint density at radius 2 is 0.942 bits per heavy atom. The van der Waals surface area contributed by atoms with Crippen molar-refractivity contribution >= 4 is 49.4 Å². The molecule has 1 nitrogen and oxygen atoms in total. The Kier molecular flexibility index (Phi) is 6.91. The summed E-state index contributed by atoms with van der Waals surface area (Å²) in [5.41, 5.74) is 13.4. The van der Waals surface area contributed by atoms with E-state index in [-0.39, 0.29) is 5.41 Å². The van der Waals surface area contributed by atoms with Crippen molar-refractivity contribution in [2.75, 3.05) is 4.90 Å². The minimum absolute atomic E-state index is 0.167. The average molecular weight is 664 g/mol. The fourth-order valence-electron chi connectivity index (χ4n) is 8.65. The van der Waals surface area contributed by atoms with Crippen LogP contribution in [0.15, 0.2) is 188 Å². The summed E-state index contributed by atoms with van der Waals surface area (Å²) in [5, 5.41) is 7.48. The predicted octanol–water partition coefficient (Wildman–Crippen LogP) is 14.3. The van der Waals surface area contributed by atoms with Crippen LogP contribution in [0.1, 0.15) is 25.0 Å². The molecule has 0 spiro atoms. The van der Waals surface area contributed by atoms with Crippen molar-refractivity contribution in [3.63, 3.8) is 0 Å². The molecule has 1 aliphatic carbocycles. The second-order valence-corrected chi connectivity index (χ2v) is 14.5. The number of benzene rings is 9. The maximum Gasteiger partial charge on any atom is 0.0547 e. The van der Waals surface area contributed by atoms with E-state index in [9.17, 15) is 0 Å². The predicted molar refractivity (Wildman–Crippen MR) is 222 cm³/mol. The lowest BCUT2D eigenvalue weighted by molar-refractivity contribution is 0.661. The van der Waals surface area contributed by atoms with E-state index in [1.54, 1.807) is 0 Å². The van der Waals surface area contributed by atoms with E-state index in [4.69, 9.17) is 0 Å². The molecule has 0 unspecified atom stereocenters. The first-order valence-corrected chi connectivity index (χ1v) is 18.2. The summed E-state index contributed by atoms with van der Waals surface area (Å²) >= 11 is 0. The number of anilines is 3. The van der Waals surface area contributed by atoms with Crippen LogP contribution in [0.25, 0.3) is 65.7 Å². The van der Waals surface area contributed by atoms with Gasteiger partial charge in [0.15, 0.2) is 0 Å². The van der Waals surface area contributed by atoms with Gasteiger partial charge in [-0.15, -0.1) is 0 Å². The van der Waals surface area contributed by atoms with Gasteiger partial charge in [-0.05, 0) is 96.5 Å². The molecule has 0 bridgehead atoms. The Morgan fingerprint density at radius 3 is 1.75 bits per heavy atom. The molecule has 0 fully saturated rings. The highest BCUT2D eigenvalue weighted by Gasteiger charge is 2.39. The zero-order valence-corrected chi connectivity index (χ0v) is 29.3. The van der Waals surface area contributed by atoms with Crippen LogP contribution in [-0.2, 0) is 5.41 Å². The van der Waals surface area contributed by atoms with Crippen LogP contribution in [-0.4, -0.2) is 0 Å². The molecular formula is C51H37N. The van der Waals surface area contributed by atoms with Crippen molar-refractivity contribution in [2.24, 2.45) is 0 Å². The third kappa shape index (κ3) is 4.70. The van der Waals surface area contributed by atoms with Gasteiger partial charge in [-0.3, -0.25) is 0 Å². The standard InChI is InChI=1S/C51H37N/c1-51(2)44-24-14-26-47(50(44)43-32-38-20-8-9-21-39(38)33-45(43)51)52(46-25-13-12-22-41(46)35-16-4-3-5-17-35)48-30-29-36-18-10-11-23-42(36)49(48)40-28-27-34-15-6-7-19-37(34)31-40/h3-33H,1-2H3. The zero-order chi connectivity index (χ0) is 34.8. The highest BCUT2D eigenvalue weighted by atomic mass is 15.2. The summed E-state index contributed by atoms with van der Waals surface area (Å²) in [6, 6.07) is 69.3. The lowest BCUT2D eigenvalue weighted by Gasteiger charge is -2.32. The van der Waals surface area contributed by atoms with Crippen LogP contribution in [0.2, 0.25) is 0 Å². The van der Waals surface area contributed by atoms with Crippen molar-refractivity contribution in [1.29, 1.82) is 0 Å². The maximum absolute atomic E-state index is 2.55.